The number of anilines is 1. The lowest BCUT2D eigenvalue weighted by Crippen LogP contribution is -2.41. The molecule has 7 rings (SSSR count). The fourth-order valence-corrected chi connectivity index (χ4v) is 5.95. The first-order chi connectivity index (χ1) is 15.0. The molecule has 2 amide bonds. The van der Waals surface area contributed by atoms with Crippen molar-refractivity contribution in [2.45, 2.75) is 11.8 Å². The zero-order valence-corrected chi connectivity index (χ0v) is 16.9. The van der Waals surface area contributed by atoms with Crippen LogP contribution in [0, 0.1) is 11.8 Å². The number of nitrogens with zero attached hydrogens (tertiary/aromatic N) is 1. The summed E-state index contributed by atoms with van der Waals surface area (Å²) >= 11 is 6.00. The molecule has 3 aromatic rings. The van der Waals surface area contributed by atoms with Crippen LogP contribution in [0.25, 0.3) is 0 Å². The van der Waals surface area contributed by atoms with E-state index in [0.717, 1.165) is 27.2 Å². The van der Waals surface area contributed by atoms with Crippen molar-refractivity contribution in [2.75, 3.05) is 4.90 Å². The lowest BCUT2D eigenvalue weighted by molar-refractivity contribution is -0.122. The second-order valence-electron chi connectivity index (χ2n) is 8.25. The first-order valence-corrected chi connectivity index (χ1v) is 10.4. The highest BCUT2D eigenvalue weighted by Crippen LogP contribution is 2.61. The molecule has 0 saturated carbocycles. The summed E-state index contributed by atoms with van der Waals surface area (Å²) in [6, 6.07) is 20.3. The molecule has 1 N–H and O–H groups in total. The highest BCUT2D eigenvalue weighted by Gasteiger charge is 2.61. The van der Waals surface area contributed by atoms with Crippen LogP contribution >= 0.6 is 11.6 Å². The zero-order chi connectivity index (χ0) is 21.4. The van der Waals surface area contributed by atoms with Crippen molar-refractivity contribution in [1.82, 2.24) is 0 Å². The number of benzene rings is 3. The number of hydrogen-bond donors (Lipinski definition) is 1. The minimum absolute atomic E-state index is 0.0626. The normalized spacial score (nSPS) is 25.3. The third-order valence-corrected chi connectivity index (χ3v) is 7.22. The number of halogens is 1. The Kier molecular flexibility index (Phi) is 3.72. The molecular formula is C25H16ClNO4. The third kappa shape index (κ3) is 2.29. The Labute approximate surface area is 182 Å². The predicted molar refractivity (Wildman–Crippen MR) is 114 cm³/mol. The number of hydrogen-bond acceptors (Lipinski definition) is 3. The van der Waals surface area contributed by atoms with Gasteiger partial charge in [-0.05, 0) is 40.5 Å². The van der Waals surface area contributed by atoms with E-state index in [1.54, 1.807) is 0 Å². The number of carboxylic acid groups (broad SMARTS) is 1. The smallest absolute Gasteiger partial charge is 0.337 e. The highest BCUT2D eigenvalue weighted by molar-refractivity contribution is 6.34. The molecule has 1 fully saturated rings. The van der Waals surface area contributed by atoms with E-state index in [1.807, 2.05) is 48.5 Å². The number of carbonyl (C=O) groups excluding carboxylic acids is 2. The molecule has 152 valence electrons. The fraction of sp³-hybridized carbons (Fsp3) is 0.160. The van der Waals surface area contributed by atoms with Crippen molar-refractivity contribution in [1.29, 1.82) is 0 Å². The van der Waals surface area contributed by atoms with Gasteiger partial charge in [-0.2, -0.15) is 0 Å². The Bertz CT molecular complexity index is 1200. The molecule has 1 aliphatic heterocycles. The Morgan fingerprint density at radius 3 is 1.65 bits per heavy atom. The van der Waals surface area contributed by atoms with Gasteiger partial charge in [0.05, 0.1) is 28.1 Å². The van der Waals surface area contributed by atoms with Crippen molar-refractivity contribution >= 4 is 35.1 Å². The van der Waals surface area contributed by atoms with Crippen LogP contribution < -0.4 is 4.90 Å². The number of aromatic carboxylic acids is 1. The van der Waals surface area contributed by atoms with Crippen LogP contribution in [0.3, 0.4) is 0 Å². The molecule has 1 saturated heterocycles. The highest BCUT2D eigenvalue weighted by atomic mass is 35.5. The molecule has 1 heterocycles. The molecule has 2 unspecified atom stereocenters. The van der Waals surface area contributed by atoms with Crippen LogP contribution in [0.1, 0.15) is 44.4 Å². The lowest BCUT2D eigenvalue weighted by atomic mass is 9.55. The van der Waals surface area contributed by atoms with E-state index in [1.165, 1.54) is 18.2 Å². The lowest BCUT2D eigenvalue weighted by Gasteiger charge is -2.45. The fourth-order valence-electron chi connectivity index (χ4n) is 5.75. The maximum atomic E-state index is 13.7. The molecule has 3 aliphatic carbocycles. The van der Waals surface area contributed by atoms with Crippen LogP contribution in [0.2, 0.25) is 5.02 Å². The van der Waals surface area contributed by atoms with Gasteiger partial charge in [-0.3, -0.25) is 9.59 Å². The van der Waals surface area contributed by atoms with Crippen LogP contribution in [0.15, 0.2) is 66.7 Å². The maximum Gasteiger partial charge on any atom is 0.337 e. The van der Waals surface area contributed by atoms with Gasteiger partial charge >= 0.3 is 5.97 Å². The van der Waals surface area contributed by atoms with Crippen LogP contribution in [-0.4, -0.2) is 22.9 Å². The number of amides is 2. The van der Waals surface area contributed by atoms with Crippen molar-refractivity contribution in [3.63, 3.8) is 0 Å². The van der Waals surface area contributed by atoms with Crippen molar-refractivity contribution in [2.24, 2.45) is 11.8 Å². The Hall–Kier alpha value is -3.44. The second kappa shape index (κ2) is 6.28. The topological polar surface area (TPSA) is 74.7 Å². The summed E-state index contributed by atoms with van der Waals surface area (Å²) in [6.07, 6.45) is 0. The molecule has 2 atom stereocenters. The average molecular weight is 430 g/mol. The SMILES string of the molecule is O=C(O)c1cc(N2C(=O)C3C4c5ccccc5C(c5ccccc54)C3C2=O)ccc1Cl. The number of imide groups is 1. The standard InChI is InChI=1S/C25H16ClNO4/c26-18-10-9-12(11-17(18)25(30)31)27-23(28)21-19-13-5-1-2-6-14(13)20(22(21)24(27)29)16-8-4-3-7-15(16)19/h1-11,19-22H,(H,30,31). The van der Waals surface area contributed by atoms with E-state index < -0.39 is 17.8 Å². The summed E-state index contributed by atoms with van der Waals surface area (Å²) in [6.45, 7) is 0. The monoisotopic (exact) mass is 429 g/mol. The third-order valence-electron chi connectivity index (χ3n) is 6.89. The molecule has 0 aromatic heterocycles. The number of carbonyl (C=O) groups is 3. The van der Waals surface area contributed by atoms with E-state index in [0.29, 0.717) is 0 Å². The van der Waals surface area contributed by atoms with E-state index in [4.69, 9.17) is 11.6 Å². The molecule has 5 nitrogen and oxygen atoms in total. The van der Waals surface area contributed by atoms with Gasteiger partial charge in [0, 0.05) is 11.8 Å². The second-order valence-corrected chi connectivity index (χ2v) is 8.65. The van der Waals surface area contributed by atoms with E-state index >= 15 is 0 Å². The predicted octanol–water partition coefficient (Wildman–Crippen LogP) is 4.43. The van der Waals surface area contributed by atoms with Crippen molar-refractivity contribution < 1.29 is 19.5 Å². The molecule has 6 heteroatoms. The summed E-state index contributed by atoms with van der Waals surface area (Å²) < 4.78 is 0. The van der Waals surface area contributed by atoms with Crippen LogP contribution in [0.5, 0.6) is 0 Å². The summed E-state index contributed by atoms with van der Waals surface area (Å²) in [7, 11) is 0. The Morgan fingerprint density at radius 2 is 1.23 bits per heavy atom. The number of rotatable bonds is 2. The van der Waals surface area contributed by atoms with E-state index in [-0.39, 0.29) is 39.9 Å². The molecule has 3 aromatic carbocycles. The summed E-state index contributed by atoms with van der Waals surface area (Å²) in [5, 5.41) is 9.49. The summed E-state index contributed by atoms with van der Waals surface area (Å²) in [4.78, 5) is 40.0. The van der Waals surface area contributed by atoms with Gasteiger partial charge in [0.15, 0.2) is 0 Å². The van der Waals surface area contributed by atoms with Gasteiger partial charge in [0.2, 0.25) is 11.8 Å². The van der Waals surface area contributed by atoms with Gasteiger partial charge in [0.25, 0.3) is 0 Å². The van der Waals surface area contributed by atoms with Gasteiger partial charge in [0.1, 0.15) is 0 Å². The molecule has 0 radical (unpaired) electrons. The van der Waals surface area contributed by atoms with Crippen molar-refractivity contribution in [3.8, 4) is 0 Å². The van der Waals surface area contributed by atoms with E-state index in [9.17, 15) is 19.5 Å². The van der Waals surface area contributed by atoms with Gasteiger partial charge in [-0.1, -0.05) is 60.1 Å². The minimum atomic E-state index is -1.21. The van der Waals surface area contributed by atoms with Crippen LogP contribution in [-0.2, 0) is 9.59 Å². The molecule has 4 aliphatic rings. The summed E-state index contributed by atoms with van der Waals surface area (Å²) in [5.41, 5.74) is 4.49. The maximum absolute atomic E-state index is 13.7. The minimum Gasteiger partial charge on any atom is -0.478 e. The molecular weight excluding hydrogens is 414 g/mol. The average Bonchev–Trinajstić information content (AvgIpc) is 3.05. The quantitative estimate of drug-likeness (QED) is 0.611. The van der Waals surface area contributed by atoms with E-state index in [2.05, 4.69) is 0 Å². The van der Waals surface area contributed by atoms with Gasteiger partial charge < -0.3 is 5.11 Å². The van der Waals surface area contributed by atoms with Crippen molar-refractivity contribution in [3.05, 3.63) is 99.6 Å². The van der Waals surface area contributed by atoms with Crippen LogP contribution in [0.4, 0.5) is 5.69 Å². The molecule has 2 bridgehead atoms. The first-order valence-electron chi connectivity index (χ1n) is 10.1. The molecule has 31 heavy (non-hydrogen) atoms. The number of carboxylic acids is 1. The van der Waals surface area contributed by atoms with Gasteiger partial charge in [-0.25, -0.2) is 9.69 Å². The molecule has 0 spiro atoms. The zero-order valence-electron chi connectivity index (χ0n) is 16.2. The largest absolute Gasteiger partial charge is 0.478 e. The van der Waals surface area contributed by atoms with Gasteiger partial charge in [-0.15, -0.1) is 0 Å². The first kappa shape index (κ1) is 18.3. The Balaban J connectivity index is 1.54. The Morgan fingerprint density at radius 1 is 0.774 bits per heavy atom. The summed E-state index contributed by atoms with van der Waals surface area (Å²) in [5.74, 6) is -3.19.